The standard InChI is InChI=1S/C26H41N3O2/c1-19-10-14-28(15-11-19)23-9-8-21(17-22(23)25(31)29-12-6-7-13-29)27-24(30)16-20(2)18-26(3,4)5/h8-9,17,19-20H,6-7,10-16,18H2,1-5H3,(H,27,30). The van der Waals surface area contributed by atoms with E-state index in [1.54, 1.807) is 0 Å². The Bertz CT molecular complexity index is 769. The molecule has 0 saturated carbocycles. The van der Waals surface area contributed by atoms with Gasteiger partial charge in [-0.1, -0.05) is 34.6 Å². The van der Waals surface area contributed by atoms with Gasteiger partial charge >= 0.3 is 0 Å². The van der Waals surface area contributed by atoms with Gasteiger partial charge in [0.25, 0.3) is 5.91 Å². The first-order chi connectivity index (χ1) is 14.6. The quantitative estimate of drug-likeness (QED) is 0.647. The van der Waals surface area contributed by atoms with E-state index in [4.69, 9.17) is 0 Å². The van der Waals surface area contributed by atoms with Crippen molar-refractivity contribution in [3.63, 3.8) is 0 Å². The van der Waals surface area contributed by atoms with Crippen molar-refractivity contribution >= 4 is 23.2 Å². The zero-order chi connectivity index (χ0) is 22.6. The summed E-state index contributed by atoms with van der Waals surface area (Å²) in [5.74, 6) is 1.18. The van der Waals surface area contributed by atoms with Crippen LogP contribution in [0.4, 0.5) is 11.4 Å². The fourth-order valence-corrected chi connectivity index (χ4v) is 5.05. The second-order valence-electron chi connectivity index (χ2n) is 11.0. The first-order valence-corrected chi connectivity index (χ1v) is 12.1. The molecule has 0 aliphatic carbocycles. The second-order valence-corrected chi connectivity index (χ2v) is 11.0. The second kappa shape index (κ2) is 10.1. The minimum atomic E-state index is 0.0240. The molecule has 1 atom stereocenters. The summed E-state index contributed by atoms with van der Waals surface area (Å²) < 4.78 is 0. The Morgan fingerprint density at radius 1 is 1.10 bits per heavy atom. The van der Waals surface area contributed by atoms with Crippen LogP contribution in [0.25, 0.3) is 0 Å². The SMILES string of the molecule is CC1CCN(c2ccc(NC(=O)CC(C)CC(C)(C)C)cc2C(=O)N2CCCC2)CC1. The lowest BCUT2D eigenvalue weighted by Gasteiger charge is -2.34. The van der Waals surface area contributed by atoms with Crippen LogP contribution >= 0.6 is 0 Å². The number of nitrogens with one attached hydrogen (secondary N) is 1. The van der Waals surface area contributed by atoms with Gasteiger partial charge in [0.2, 0.25) is 5.91 Å². The predicted octanol–water partition coefficient (Wildman–Crippen LogP) is 5.56. The normalized spacial score (nSPS) is 18.9. The molecule has 2 amide bonds. The molecule has 5 heteroatoms. The number of piperidine rings is 1. The zero-order valence-corrected chi connectivity index (χ0v) is 20.2. The van der Waals surface area contributed by atoms with Gasteiger partial charge in [0.05, 0.1) is 5.56 Å². The third-order valence-corrected chi connectivity index (χ3v) is 6.52. The van der Waals surface area contributed by atoms with Gasteiger partial charge in [0.15, 0.2) is 0 Å². The predicted molar refractivity (Wildman–Crippen MR) is 129 cm³/mol. The first kappa shape index (κ1) is 23.6. The van der Waals surface area contributed by atoms with E-state index in [9.17, 15) is 9.59 Å². The van der Waals surface area contributed by atoms with Crippen LogP contribution in [0.1, 0.15) is 83.5 Å². The Labute approximate surface area is 188 Å². The Kier molecular flexibility index (Phi) is 7.66. The minimum Gasteiger partial charge on any atom is -0.371 e. The summed E-state index contributed by atoms with van der Waals surface area (Å²) in [5.41, 5.74) is 2.69. The molecular weight excluding hydrogens is 386 g/mol. The molecule has 2 aliphatic heterocycles. The number of amides is 2. The Balaban J connectivity index is 1.76. The molecular formula is C26H41N3O2. The van der Waals surface area contributed by atoms with Crippen molar-refractivity contribution in [2.75, 3.05) is 36.4 Å². The van der Waals surface area contributed by atoms with Crippen molar-refractivity contribution in [1.29, 1.82) is 0 Å². The van der Waals surface area contributed by atoms with E-state index in [0.29, 0.717) is 12.3 Å². The van der Waals surface area contributed by atoms with Crippen LogP contribution in [0.2, 0.25) is 0 Å². The summed E-state index contributed by atoms with van der Waals surface area (Å²) in [5, 5.41) is 3.05. The molecule has 2 fully saturated rings. The number of nitrogens with zero attached hydrogens (tertiary/aromatic N) is 2. The van der Waals surface area contributed by atoms with Gasteiger partial charge < -0.3 is 15.1 Å². The number of carbonyl (C=O) groups excluding carboxylic acids is 2. The first-order valence-electron chi connectivity index (χ1n) is 12.1. The lowest BCUT2D eigenvalue weighted by atomic mass is 9.84. The van der Waals surface area contributed by atoms with Gasteiger partial charge in [-0.05, 0) is 67.6 Å². The molecule has 0 aromatic heterocycles. The van der Waals surface area contributed by atoms with Gasteiger partial charge in [0.1, 0.15) is 0 Å². The summed E-state index contributed by atoms with van der Waals surface area (Å²) in [6, 6.07) is 5.90. The summed E-state index contributed by atoms with van der Waals surface area (Å²) in [6.45, 7) is 14.7. The summed E-state index contributed by atoms with van der Waals surface area (Å²) >= 11 is 0. The number of likely N-dealkylation sites (tertiary alicyclic amines) is 1. The van der Waals surface area contributed by atoms with Crippen LogP contribution < -0.4 is 10.2 Å². The zero-order valence-electron chi connectivity index (χ0n) is 20.2. The average Bonchev–Trinajstić information content (AvgIpc) is 3.21. The van der Waals surface area contributed by atoms with Crippen LogP contribution in [-0.4, -0.2) is 42.9 Å². The average molecular weight is 428 g/mol. The van der Waals surface area contributed by atoms with E-state index in [-0.39, 0.29) is 17.2 Å². The molecule has 2 saturated heterocycles. The highest BCUT2D eigenvalue weighted by Gasteiger charge is 2.26. The Morgan fingerprint density at radius 2 is 1.74 bits per heavy atom. The van der Waals surface area contributed by atoms with E-state index in [2.05, 4.69) is 44.8 Å². The van der Waals surface area contributed by atoms with Crippen LogP contribution in [0.3, 0.4) is 0 Å². The number of carbonyl (C=O) groups is 2. The van der Waals surface area contributed by atoms with E-state index in [1.807, 2.05) is 23.1 Å². The fraction of sp³-hybridized carbons (Fsp3) is 0.692. The molecule has 172 valence electrons. The third kappa shape index (κ3) is 6.72. The number of hydrogen-bond donors (Lipinski definition) is 1. The third-order valence-electron chi connectivity index (χ3n) is 6.52. The number of hydrogen-bond acceptors (Lipinski definition) is 3. The van der Waals surface area contributed by atoms with Gasteiger partial charge in [-0.3, -0.25) is 9.59 Å². The summed E-state index contributed by atoms with van der Waals surface area (Å²) in [4.78, 5) is 30.3. The highest BCUT2D eigenvalue weighted by molar-refractivity contribution is 6.02. The Morgan fingerprint density at radius 3 is 2.35 bits per heavy atom. The van der Waals surface area contributed by atoms with Crippen LogP contribution in [0.15, 0.2) is 18.2 Å². The van der Waals surface area contributed by atoms with Crippen LogP contribution in [0, 0.1) is 17.3 Å². The van der Waals surface area contributed by atoms with Crippen molar-refractivity contribution in [1.82, 2.24) is 4.90 Å². The van der Waals surface area contributed by atoms with Crippen molar-refractivity contribution in [2.24, 2.45) is 17.3 Å². The van der Waals surface area contributed by atoms with Gasteiger partial charge in [0, 0.05) is 44.0 Å². The highest BCUT2D eigenvalue weighted by atomic mass is 16.2. The topological polar surface area (TPSA) is 52.7 Å². The molecule has 1 unspecified atom stereocenters. The maximum absolute atomic E-state index is 13.3. The molecule has 0 bridgehead atoms. The minimum absolute atomic E-state index is 0.0240. The largest absolute Gasteiger partial charge is 0.371 e. The lowest BCUT2D eigenvalue weighted by Crippen LogP contribution is -2.35. The van der Waals surface area contributed by atoms with Crippen LogP contribution in [-0.2, 0) is 4.79 Å². The van der Waals surface area contributed by atoms with Crippen molar-refractivity contribution in [3.05, 3.63) is 23.8 Å². The summed E-state index contributed by atoms with van der Waals surface area (Å²) in [7, 11) is 0. The molecule has 0 spiro atoms. The molecule has 1 aromatic carbocycles. The highest BCUT2D eigenvalue weighted by Crippen LogP contribution is 2.31. The van der Waals surface area contributed by atoms with Gasteiger partial charge in [-0.15, -0.1) is 0 Å². The molecule has 2 aliphatic rings. The molecule has 2 heterocycles. The van der Waals surface area contributed by atoms with E-state index in [1.165, 1.54) is 0 Å². The van der Waals surface area contributed by atoms with E-state index >= 15 is 0 Å². The van der Waals surface area contributed by atoms with E-state index < -0.39 is 0 Å². The Hall–Kier alpha value is -2.04. The molecule has 0 radical (unpaired) electrons. The van der Waals surface area contributed by atoms with Crippen molar-refractivity contribution in [2.45, 2.75) is 73.1 Å². The number of rotatable bonds is 6. The van der Waals surface area contributed by atoms with E-state index in [0.717, 1.165) is 81.1 Å². The van der Waals surface area contributed by atoms with Crippen molar-refractivity contribution in [3.8, 4) is 0 Å². The van der Waals surface area contributed by atoms with Crippen molar-refractivity contribution < 1.29 is 9.59 Å². The molecule has 31 heavy (non-hydrogen) atoms. The lowest BCUT2D eigenvalue weighted by molar-refractivity contribution is -0.117. The summed E-state index contributed by atoms with van der Waals surface area (Å²) in [6.07, 6.45) is 5.96. The number of benzene rings is 1. The van der Waals surface area contributed by atoms with Crippen LogP contribution in [0.5, 0.6) is 0 Å². The molecule has 5 nitrogen and oxygen atoms in total. The van der Waals surface area contributed by atoms with Gasteiger partial charge in [-0.2, -0.15) is 0 Å². The maximum atomic E-state index is 13.3. The molecule has 1 aromatic rings. The van der Waals surface area contributed by atoms with Gasteiger partial charge in [-0.25, -0.2) is 0 Å². The maximum Gasteiger partial charge on any atom is 0.256 e. The monoisotopic (exact) mass is 427 g/mol. The smallest absolute Gasteiger partial charge is 0.256 e. The fourth-order valence-electron chi connectivity index (χ4n) is 5.05. The molecule has 1 N–H and O–H groups in total. The number of anilines is 2. The molecule has 3 rings (SSSR count).